The number of carbonyl (C=O) groups excluding carboxylic acids is 2. The third-order valence-corrected chi connectivity index (χ3v) is 3.82. The molecule has 1 heterocycles. The molecule has 1 aliphatic rings. The average Bonchev–Trinajstić information content (AvgIpc) is 2.40. The average molecular weight is 365 g/mol. The second-order valence-electron chi connectivity index (χ2n) is 4.65. The molecule has 0 radical (unpaired) electrons. The molecule has 1 aromatic carbocycles. The lowest BCUT2D eigenvalue weighted by Crippen LogP contribution is -2.50. The lowest BCUT2D eigenvalue weighted by atomic mass is 10.1. The summed E-state index contributed by atoms with van der Waals surface area (Å²) in [7, 11) is 0. The SMILES string of the molecule is O=C(NC1CCCNC1=O)c1cc(C(F)(F)F)ccc1Br. The molecule has 0 bridgehead atoms. The van der Waals surface area contributed by atoms with Gasteiger partial charge < -0.3 is 10.6 Å². The number of amides is 2. The molecule has 2 amide bonds. The van der Waals surface area contributed by atoms with Gasteiger partial charge in [-0.15, -0.1) is 0 Å². The van der Waals surface area contributed by atoms with Crippen molar-refractivity contribution in [3.63, 3.8) is 0 Å². The first-order valence-electron chi connectivity index (χ1n) is 6.24. The van der Waals surface area contributed by atoms with Gasteiger partial charge in [0.25, 0.3) is 5.91 Å². The molecule has 0 aromatic heterocycles. The van der Waals surface area contributed by atoms with Gasteiger partial charge in [-0.05, 0) is 47.0 Å². The number of rotatable bonds is 2. The Hall–Kier alpha value is -1.57. The van der Waals surface area contributed by atoms with Gasteiger partial charge in [0.05, 0.1) is 11.1 Å². The summed E-state index contributed by atoms with van der Waals surface area (Å²) in [5.41, 5.74) is -1.06. The summed E-state index contributed by atoms with van der Waals surface area (Å²) < 4.78 is 38.3. The van der Waals surface area contributed by atoms with Crippen LogP contribution in [-0.4, -0.2) is 24.4 Å². The Morgan fingerprint density at radius 1 is 1.38 bits per heavy atom. The molecule has 2 N–H and O–H groups in total. The van der Waals surface area contributed by atoms with E-state index in [1.54, 1.807) is 0 Å². The maximum Gasteiger partial charge on any atom is 0.416 e. The minimum atomic E-state index is -4.53. The zero-order chi connectivity index (χ0) is 15.6. The molecule has 0 saturated carbocycles. The molecule has 2 rings (SSSR count). The quantitative estimate of drug-likeness (QED) is 0.846. The van der Waals surface area contributed by atoms with E-state index in [1.165, 1.54) is 6.07 Å². The lowest BCUT2D eigenvalue weighted by Gasteiger charge is -2.23. The van der Waals surface area contributed by atoms with E-state index in [-0.39, 0.29) is 15.9 Å². The van der Waals surface area contributed by atoms with Crippen LogP contribution in [0.2, 0.25) is 0 Å². The van der Waals surface area contributed by atoms with Crippen molar-refractivity contribution in [3.05, 3.63) is 33.8 Å². The first-order chi connectivity index (χ1) is 9.79. The standard InChI is InChI=1S/C13H12BrF3N2O2/c14-9-4-3-7(13(15,16)17)6-8(9)11(20)19-10-2-1-5-18-12(10)21/h3-4,6,10H,1-2,5H2,(H,18,21)(H,19,20). The van der Waals surface area contributed by atoms with E-state index >= 15 is 0 Å². The maximum atomic E-state index is 12.7. The molecule has 21 heavy (non-hydrogen) atoms. The van der Waals surface area contributed by atoms with Crippen LogP contribution >= 0.6 is 15.9 Å². The van der Waals surface area contributed by atoms with Crippen LogP contribution in [0.5, 0.6) is 0 Å². The third kappa shape index (κ3) is 3.75. The maximum absolute atomic E-state index is 12.7. The number of halogens is 4. The van der Waals surface area contributed by atoms with Crippen LogP contribution in [-0.2, 0) is 11.0 Å². The van der Waals surface area contributed by atoms with Crippen LogP contribution in [0, 0.1) is 0 Å². The Morgan fingerprint density at radius 3 is 2.71 bits per heavy atom. The van der Waals surface area contributed by atoms with E-state index in [9.17, 15) is 22.8 Å². The van der Waals surface area contributed by atoms with Crippen molar-refractivity contribution in [1.29, 1.82) is 0 Å². The molecule has 0 aliphatic carbocycles. The molecule has 0 spiro atoms. The smallest absolute Gasteiger partial charge is 0.354 e. The summed E-state index contributed by atoms with van der Waals surface area (Å²) in [6, 6.07) is 2.10. The Morgan fingerprint density at radius 2 is 2.10 bits per heavy atom. The molecule has 1 unspecified atom stereocenters. The summed E-state index contributed by atoms with van der Waals surface area (Å²) in [6.07, 6.45) is -3.35. The number of hydrogen-bond donors (Lipinski definition) is 2. The van der Waals surface area contributed by atoms with Crippen LogP contribution in [0.1, 0.15) is 28.8 Å². The summed E-state index contributed by atoms with van der Waals surface area (Å²) in [5, 5.41) is 5.05. The van der Waals surface area contributed by atoms with E-state index in [0.717, 1.165) is 12.1 Å². The van der Waals surface area contributed by atoms with Gasteiger partial charge in [0, 0.05) is 11.0 Å². The van der Waals surface area contributed by atoms with Crippen molar-refractivity contribution in [2.75, 3.05) is 6.54 Å². The normalized spacial score (nSPS) is 19.0. The fourth-order valence-corrected chi connectivity index (χ4v) is 2.45. The van der Waals surface area contributed by atoms with Crippen molar-refractivity contribution in [1.82, 2.24) is 10.6 Å². The van der Waals surface area contributed by atoms with Crippen molar-refractivity contribution in [2.45, 2.75) is 25.1 Å². The summed E-state index contributed by atoms with van der Waals surface area (Å²) >= 11 is 3.05. The van der Waals surface area contributed by atoms with E-state index < -0.39 is 23.7 Å². The highest BCUT2D eigenvalue weighted by molar-refractivity contribution is 9.10. The number of piperidine rings is 1. The molecule has 1 atom stereocenters. The molecular formula is C13H12BrF3N2O2. The molecule has 1 aliphatic heterocycles. The van der Waals surface area contributed by atoms with Crippen LogP contribution in [0.25, 0.3) is 0 Å². The number of nitrogens with one attached hydrogen (secondary N) is 2. The van der Waals surface area contributed by atoms with E-state index in [1.807, 2.05) is 0 Å². The van der Waals surface area contributed by atoms with Gasteiger partial charge in [0.1, 0.15) is 6.04 Å². The topological polar surface area (TPSA) is 58.2 Å². The lowest BCUT2D eigenvalue weighted by molar-refractivity contribution is -0.137. The largest absolute Gasteiger partial charge is 0.416 e. The Balaban J connectivity index is 2.20. The molecule has 114 valence electrons. The minimum absolute atomic E-state index is 0.150. The predicted molar refractivity (Wildman–Crippen MR) is 72.6 cm³/mol. The van der Waals surface area contributed by atoms with E-state index in [4.69, 9.17) is 0 Å². The highest BCUT2D eigenvalue weighted by Crippen LogP contribution is 2.31. The Labute approximate surface area is 127 Å². The van der Waals surface area contributed by atoms with E-state index in [2.05, 4.69) is 26.6 Å². The Kier molecular flexibility index (Phi) is 4.55. The van der Waals surface area contributed by atoms with Crippen molar-refractivity contribution in [3.8, 4) is 0 Å². The fourth-order valence-electron chi connectivity index (χ4n) is 2.02. The number of benzene rings is 1. The summed E-state index contributed by atoms with van der Waals surface area (Å²) in [6.45, 7) is 0.540. The highest BCUT2D eigenvalue weighted by atomic mass is 79.9. The van der Waals surface area contributed by atoms with Crippen LogP contribution in [0.4, 0.5) is 13.2 Å². The van der Waals surface area contributed by atoms with Gasteiger partial charge in [0.2, 0.25) is 5.91 Å². The van der Waals surface area contributed by atoms with Crippen molar-refractivity contribution >= 4 is 27.7 Å². The van der Waals surface area contributed by atoms with Gasteiger partial charge in [-0.2, -0.15) is 13.2 Å². The first kappa shape index (κ1) is 15.8. The Bertz CT molecular complexity index is 575. The number of alkyl halides is 3. The van der Waals surface area contributed by atoms with Crippen molar-refractivity contribution < 1.29 is 22.8 Å². The molecule has 1 saturated heterocycles. The van der Waals surface area contributed by atoms with Crippen LogP contribution in [0.3, 0.4) is 0 Å². The van der Waals surface area contributed by atoms with Gasteiger partial charge >= 0.3 is 6.18 Å². The second kappa shape index (κ2) is 6.05. The third-order valence-electron chi connectivity index (χ3n) is 3.13. The van der Waals surface area contributed by atoms with Gasteiger partial charge in [-0.3, -0.25) is 9.59 Å². The summed E-state index contributed by atoms with van der Waals surface area (Å²) in [4.78, 5) is 23.6. The zero-order valence-electron chi connectivity index (χ0n) is 10.8. The second-order valence-corrected chi connectivity index (χ2v) is 5.51. The first-order valence-corrected chi connectivity index (χ1v) is 7.03. The monoisotopic (exact) mass is 364 g/mol. The van der Waals surface area contributed by atoms with Gasteiger partial charge in [0.15, 0.2) is 0 Å². The number of carbonyl (C=O) groups is 2. The minimum Gasteiger partial charge on any atom is -0.354 e. The molecule has 1 aromatic rings. The predicted octanol–water partition coefficient (Wildman–Crippen LogP) is 2.48. The summed E-state index contributed by atoms with van der Waals surface area (Å²) in [5.74, 6) is -1.03. The van der Waals surface area contributed by atoms with E-state index in [0.29, 0.717) is 19.4 Å². The molecule has 4 nitrogen and oxygen atoms in total. The van der Waals surface area contributed by atoms with Crippen LogP contribution in [0.15, 0.2) is 22.7 Å². The zero-order valence-corrected chi connectivity index (χ0v) is 12.3. The molecule has 8 heteroatoms. The van der Waals surface area contributed by atoms with Gasteiger partial charge in [-0.25, -0.2) is 0 Å². The molecular weight excluding hydrogens is 353 g/mol. The molecule has 1 fully saturated rings. The van der Waals surface area contributed by atoms with Crippen LogP contribution < -0.4 is 10.6 Å². The highest BCUT2D eigenvalue weighted by Gasteiger charge is 2.32. The van der Waals surface area contributed by atoms with Crippen molar-refractivity contribution in [2.24, 2.45) is 0 Å². The number of hydrogen-bond acceptors (Lipinski definition) is 2. The van der Waals surface area contributed by atoms with Gasteiger partial charge in [-0.1, -0.05) is 0 Å². The fraction of sp³-hybridized carbons (Fsp3) is 0.385.